The van der Waals surface area contributed by atoms with Crippen molar-refractivity contribution in [2.75, 3.05) is 26.7 Å². The van der Waals surface area contributed by atoms with Gasteiger partial charge in [0.15, 0.2) is 0 Å². The van der Waals surface area contributed by atoms with Gasteiger partial charge in [0.2, 0.25) is 0 Å². The van der Waals surface area contributed by atoms with Gasteiger partial charge in [0.05, 0.1) is 12.4 Å². The van der Waals surface area contributed by atoms with E-state index in [1.165, 1.54) is 212 Å². The molecule has 65 heavy (non-hydrogen) atoms. The van der Waals surface area contributed by atoms with Crippen LogP contribution in [0, 0.1) is 11.3 Å². The van der Waals surface area contributed by atoms with E-state index in [-0.39, 0.29) is 5.54 Å². The highest BCUT2D eigenvalue weighted by Crippen LogP contribution is 2.28. The number of hydrogen-bond acceptors (Lipinski definition) is 4. The molecule has 0 fully saturated rings. The summed E-state index contributed by atoms with van der Waals surface area (Å²) in [5, 5.41) is 6.83. The molecule has 0 spiro atoms. The number of allylic oxidation sites excluding steroid dienone is 1. The van der Waals surface area contributed by atoms with E-state index in [1.54, 1.807) is 6.92 Å². The number of nitrogens with one attached hydrogen (secondary N) is 2. The average Bonchev–Trinajstić information content (AvgIpc) is 3.28. The highest BCUT2D eigenvalue weighted by Gasteiger charge is 2.26. The normalized spacial score (nSPS) is 11.5. The van der Waals surface area contributed by atoms with Gasteiger partial charge < -0.3 is 20.2 Å². The van der Waals surface area contributed by atoms with Gasteiger partial charge in [-0.2, -0.15) is 0 Å². The molecule has 0 aromatic rings. The van der Waals surface area contributed by atoms with Crippen LogP contribution in [-0.4, -0.2) is 38.1 Å². The second-order valence-electron chi connectivity index (χ2n) is 20.9. The molecule has 4 heteroatoms. The summed E-state index contributed by atoms with van der Waals surface area (Å²) in [6.07, 6.45) is 50.1. The second-order valence-corrected chi connectivity index (χ2v) is 20.9. The van der Waals surface area contributed by atoms with Crippen LogP contribution in [0.25, 0.3) is 0 Å². The number of hydrogen-bond donors (Lipinski definition) is 2. The van der Waals surface area contributed by atoms with Gasteiger partial charge >= 0.3 is 0 Å². The van der Waals surface area contributed by atoms with Gasteiger partial charge in [-0.3, -0.25) is 0 Å². The van der Waals surface area contributed by atoms with Crippen LogP contribution in [-0.2, 0) is 9.53 Å². The number of ketones is 1. The van der Waals surface area contributed by atoms with E-state index in [4.69, 9.17) is 4.74 Å². The molecule has 0 aliphatic heterocycles. The summed E-state index contributed by atoms with van der Waals surface area (Å²) in [6.45, 7) is 39.6. The van der Waals surface area contributed by atoms with Crippen molar-refractivity contribution in [2.24, 2.45) is 11.3 Å². The smallest absolute Gasteiger partial charge is 0.129 e. The second kappa shape index (κ2) is 60.9. The van der Waals surface area contributed by atoms with Crippen LogP contribution in [0.5, 0.6) is 0 Å². The summed E-state index contributed by atoms with van der Waals surface area (Å²) < 4.78 is 5.63. The van der Waals surface area contributed by atoms with Gasteiger partial charge in [-0.25, -0.2) is 0 Å². The Bertz CT molecular complexity index is 877. The standard InChI is InChI=1S/C23H47NO.C19H38O.C15H33N.C2H6.C2H4/c1-4-5-6-7-8-9-10-11-12-13-14-15-16-17-18-20-23(2)25-22-19-21-24-3;1-3-4-5-6-7-8-9-10-11-12-13-14-15-16-17-18-19(2)20;1-8-9-12-16-15(6,7)13(2)10-11-14(3,4)5;2*1-2/h24H,2,4-22H2,1,3H3;3-18H2,1-2H3;13,16H,8-12H2,1-7H3;1-2H3;1-2H2. The van der Waals surface area contributed by atoms with Gasteiger partial charge in [0.1, 0.15) is 5.78 Å². The maximum absolute atomic E-state index is 10.8. The van der Waals surface area contributed by atoms with E-state index in [2.05, 4.69) is 92.7 Å². The zero-order valence-electron chi connectivity index (χ0n) is 47.8. The molecule has 2 N–H and O–H groups in total. The largest absolute Gasteiger partial charge is 0.499 e. The van der Waals surface area contributed by atoms with E-state index in [0.717, 1.165) is 57.1 Å². The molecule has 0 aliphatic rings. The van der Waals surface area contributed by atoms with Crippen LogP contribution in [0.1, 0.15) is 321 Å². The molecule has 0 saturated carbocycles. The number of ether oxygens (including phenoxy) is 1. The van der Waals surface area contributed by atoms with Crippen LogP contribution < -0.4 is 10.6 Å². The van der Waals surface area contributed by atoms with E-state index in [9.17, 15) is 4.79 Å². The third-order valence-electron chi connectivity index (χ3n) is 12.7. The Balaban J connectivity index is -0.000000272. The minimum atomic E-state index is 0.278. The molecule has 4 nitrogen and oxygen atoms in total. The Morgan fingerprint density at radius 2 is 0.831 bits per heavy atom. The Labute approximate surface area is 414 Å². The molecule has 0 aromatic heterocycles. The summed E-state index contributed by atoms with van der Waals surface area (Å²) in [4.78, 5) is 10.8. The van der Waals surface area contributed by atoms with Crippen molar-refractivity contribution in [1.29, 1.82) is 0 Å². The van der Waals surface area contributed by atoms with Crippen LogP contribution in [0.2, 0.25) is 0 Å². The molecule has 0 bridgehead atoms. The Morgan fingerprint density at radius 1 is 0.508 bits per heavy atom. The fourth-order valence-corrected chi connectivity index (χ4v) is 7.75. The molecular weight excluding hydrogens is 793 g/mol. The van der Waals surface area contributed by atoms with E-state index >= 15 is 0 Å². The van der Waals surface area contributed by atoms with Gasteiger partial charge in [0.25, 0.3) is 0 Å². The third-order valence-corrected chi connectivity index (χ3v) is 12.7. The molecule has 0 saturated heterocycles. The topological polar surface area (TPSA) is 50.4 Å². The lowest BCUT2D eigenvalue weighted by Gasteiger charge is -2.35. The lowest BCUT2D eigenvalue weighted by Crippen LogP contribution is -2.45. The summed E-state index contributed by atoms with van der Waals surface area (Å²) in [5.74, 6) is 2.06. The lowest BCUT2D eigenvalue weighted by atomic mass is 9.80. The highest BCUT2D eigenvalue weighted by molar-refractivity contribution is 5.75. The number of unbranched alkanes of at least 4 members (excludes halogenated alkanes) is 29. The number of Topliss-reactive ketones (excluding diaryl/α,β-unsaturated/α-hetero) is 1. The van der Waals surface area contributed by atoms with Gasteiger partial charge in [-0.15, -0.1) is 13.2 Å². The number of carbonyl (C=O) groups is 1. The van der Waals surface area contributed by atoms with Crippen LogP contribution in [0.15, 0.2) is 25.5 Å². The third kappa shape index (κ3) is 72.0. The van der Waals surface area contributed by atoms with Crippen molar-refractivity contribution in [3.63, 3.8) is 0 Å². The van der Waals surface area contributed by atoms with Crippen molar-refractivity contribution in [3.8, 4) is 0 Å². The van der Waals surface area contributed by atoms with Crippen molar-refractivity contribution in [3.05, 3.63) is 25.5 Å². The summed E-state index contributed by atoms with van der Waals surface area (Å²) >= 11 is 0. The highest BCUT2D eigenvalue weighted by atomic mass is 16.5. The van der Waals surface area contributed by atoms with Crippen LogP contribution >= 0.6 is 0 Å². The minimum Gasteiger partial charge on any atom is -0.499 e. The van der Waals surface area contributed by atoms with E-state index in [0.29, 0.717) is 11.2 Å². The molecule has 394 valence electrons. The predicted molar refractivity (Wildman–Crippen MR) is 301 cm³/mol. The quantitative estimate of drug-likeness (QED) is 0.0363. The van der Waals surface area contributed by atoms with Gasteiger partial charge in [-0.05, 0) is 90.8 Å². The Kier molecular flexibility index (Phi) is 68.2. The summed E-state index contributed by atoms with van der Waals surface area (Å²) in [5.41, 5.74) is 0.744. The van der Waals surface area contributed by atoms with Gasteiger partial charge in [0, 0.05) is 18.4 Å². The maximum Gasteiger partial charge on any atom is 0.129 e. The van der Waals surface area contributed by atoms with Crippen molar-refractivity contribution in [1.82, 2.24) is 10.6 Å². The molecule has 0 rings (SSSR count). The summed E-state index contributed by atoms with van der Waals surface area (Å²) in [6, 6.07) is 0. The van der Waals surface area contributed by atoms with Crippen molar-refractivity contribution >= 4 is 5.78 Å². The van der Waals surface area contributed by atoms with Crippen molar-refractivity contribution in [2.45, 2.75) is 326 Å². The molecule has 0 heterocycles. The molecule has 0 aromatic carbocycles. The van der Waals surface area contributed by atoms with Gasteiger partial charge in [-0.1, -0.05) is 255 Å². The first-order valence-electron chi connectivity index (χ1n) is 29.0. The van der Waals surface area contributed by atoms with E-state index in [1.807, 2.05) is 20.9 Å². The zero-order chi connectivity index (χ0) is 50.1. The summed E-state index contributed by atoms with van der Waals surface area (Å²) in [7, 11) is 1.98. The average molecular weight is 922 g/mol. The van der Waals surface area contributed by atoms with Crippen molar-refractivity contribution < 1.29 is 9.53 Å². The molecule has 1 atom stereocenters. The van der Waals surface area contributed by atoms with Crippen LogP contribution in [0.3, 0.4) is 0 Å². The molecule has 0 aliphatic carbocycles. The molecular formula is C61H128N2O2. The minimum absolute atomic E-state index is 0.278. The first-order chi connectivity index (χ1) is 31.3. The number of carbonyl (C=O) groups excluding carboxylic acids is 1. The fourth-order valence-electron chi connectivity index (χ4n) is 7.75. The molecule has 0 radical (unpaired) electrons. The fraction of sp³-hybridized carbons (Fsp3) is 0.918. The van der Waals surface area contributed by atoms with Crippen LogP contribution in [0.4, 0.5) is 0 Å². The lowest BCUT2D eigenvalue weighted by molar-refractivity contribution is -0.117. The Morgan fingerprint density at radius 3 is 1.14 bits per heavy atom. The zero-order valence-corrected chi connectivity index (χ0v) is 47.8. The predicted octanol–water partition coefficient (Wildman–Crippen LogP) is 20.7. The Hall–Kier alpha value is -1.13. The monoisotopic (exact) mass is 921 g/mol. The maximum atomic E-state index is 10.8. The van der Waals surface area contributed by atoms with E-state index < -0.39 is 0 Å². The first kappa shape index (κ1) is 72.8. The first-order valence-corrected chi connectivity index (χ1v) is 29.0. The number of rotatable bonds is 44. The molecule has 1 unspecified atom stereocenters. The molecule has 0 amide bonds. The SMILES string of the molecule is C=C.C=C(CCCCCCCCCCCCCCCCC)OCCCNC.CC.CCCCCCCCCCCCCCCCCC(C)=O.CCCCNC(C)(C)C(C)CCC(C)(C)C.